The van der Waals surface area contributed by atoms with Crippen LogP contribution < -0.4 is 0 Å². The van der Waals surface area contributed by atoms with E-state index in [0.29, 0.717) is 0 Å². The highest BCUT2D eigenvalue weighted by Gasteiger charge is 2.38. The van der Waals surface area contributed by atoms with E-state index in [4.69, 9.17) is 0 Å². The molecular weight excluding hydrogens is 196 g/mol. The second-order valence-corrected chi connectivity index (χ2v) is 4.62. The summed E-state index contributed by atoms with van der Waals surface area (Å²) < 4.78 is 13.7. The summed E-state index contributed by atoms with van der Waals surface area (Å²) in [7, 11) is 0. The maximum Gasteiger partial charge on any atom is 0.201 e. The molecule has 0 N–H and O–H groups in total. The van der Waals surface area contributed by atoms with Crippen molar-refractivity contribution in [2.45, 2.75) is 5.25 Å². The second-order valence-electron chi connectivity index (χ2n) is 3.17. The Bertz CT molecular complexity index is 420. The molecule has 2 unspecified atom stereocenters. The molecular formula is C10H8N2OS. The molecule has 0 amide bonds. The van der Waals surface area contributed by atoms with E-state index in [0.717, 1.165) is 11.5 Å². The number of rotatable bonds is 0. The van der Waals surface area contributed by atoms with Gasteiger partial charge in [0.05, 0.1) is 17.6 Å². The molecule has 0 saturated heterocycles. The van der Waals surface area contributed by atoms with Gasteiger partial charge in [0.1, 0.15) is 5.70 Å². The third kappa shape index (κ3) is 1.01. The van der Waals surface area contributed by atoms with Crippen LogP contribution >= 0.6 is 0 Å². The molecule has 0 bridgehead atoms. The standard InChI is InChI=1S/C10H8N2OS/c13-14-9-5-3-4-8(9)11-10-6-1-2-7-12(10)14/h1-7,9H. The Labute approximate surface area is 85.1 Å². The minimum absolute atomic E-state index is 0.0603. The molecule has 0 saturated carbocycles. The van der Waals surface area contributed by atoms with Gasteiger partial charge >= 0.3 is 0 Å². The van der Waals surface area contributed by atoms with E-state index < -0.39 is 11.4 Å². The van der Waals surface area contributed by atoms with E-state index in [2.05, 4.69) is 4.99 Å². The topological polar surface area (TPSA) is 38.7 Å². The van der Waals surface area contributed by atoms with Gasteiger partial charge in [0.15, 0.2) is 5.84 Å². The number of amidine groups is 1. The number of aliphatic imine (C=N–C) groups is 1. The zero-order valence-electron chi connectivity index (χ0n) is 7.33. The fourth-order valence-corrected chi connectivity index (χ4v) is 2.92. The van der Waals surface area contributed by atoms with Crippen molar-refractivity contribution in [3.63, 3.8) is 0 Å². The van der Waals surface area contributed by atoms with E-state index in [-0.39, 0.29) is 5.25 Å². The first kappa shape index (κ1) is 8.08. The largest absolute Gasteiger partial charge is 0.592 e. The van der Waals surface area contributed by atoms with Crippen molar-refractivity contribution in [3.8, 4) is 0 Å². The third-order valence-corrected chi connectivity index (χ3v) is 3.83. The molecule has 4 heteroatoms. The highest BCUT2D eigenvalue weighted by Crippen LogP contribution is 2.30. The summed E-state index contributed by atoms with van der Waals surface area (Å²) in [4.78, 5) is 4.43. The Morgan fingerprint density at radius 3 is 3.21 bits per heavy atom. The molecule has 70 valence electrons. The van der Waals surface area contributed by atoms with Crippen LogP contribution in [0.25, 0.3) is 0 Å². The molecule has 3 nitrogen and oxygen atoms in total. The third-order valence-electron chi connectivity index (χ3n) is 2.30. The van der Waals surface area contributed by atoms with Crippen LogP contribution in [0.2, 0.25) is 0 Å². The Morgan fingerprint density at radius 2 is 2.29 bits per heavy atom. The van der Waals surface area contributed by atoms with Crippen LogP contribution in [0.5, 0.6) is 0 Å². The van der Waals surface area contributed by atoms with Crippen molar-refractivity contribution in [1.82, 2.24) is 4.31 Å². The lowest BCUT2D eigenvalue weighted by Gasteiger charge is -2.31. The number of hydrogen-bond donors (Lipinski definition) is 0. The van der Waals surface area contributed by atoms with Gasteiger partial charge in [0.25, 0.3) is 0 Å². The molecule has 2 heterocycles. The van der Waals surface area contributed by atoms with E-state index >= 15 is 0 Å². The number of nitrogens with zero attached hydrogens (tertiary/aromatic N) is 2. The lowest BCUT2D eigenvalue weighted by Crippen LogP contribution is -2.42. The lowest BCUT2D eigenvalue weighted by atomic mass is 10.3. The van der Waals surface area contributed by atoms with Crippen LogP contribution in [0.3, 0.4) is 0 Å². The van der Waals surface area contributed by atoms with Crippen LogP contribution in [-0.2, 0) is 11.4 Å². The Morgan fingerprint density at radius 1 is 1.36 bits per heavy atom. The number of hydrogen-bond acceptors (Lipinski definition) is 3. The van der Waals surface area contributed by atoms with Crippen molar-refractivity contribution in [1.29, 1.82) is 0 Å². The van der Waals surface area contributed by atoms with Gasteiger partial charge in [-0.15, -0.1) is 0 Å². The molecule has 2 aliphatic heterocycles. The van der Waals surface area contributed by atoms with Crippen LogP contribution in [0.1, 0.15) is 0 Å². The highest BCUT2D eigenvalue weighted by molar-refractivity contribution is 7.90. The van der Waals surface area contributed by atoms with Crippen LogP contribution in [-0.4, -0.2) is 19.9 Å². The number of fused-ring (bicyclic) bond motifs is 2. The van der Waals surface area contributed by atoms with Crippen LogP contribution in [0.15, 0.2) is 53.3 Å². The molecule has 0 radical (unpaired) electrons. The maximum absolute atomic E-state index is 12.0. The van der Waals surface area contributed by atoms with Crippen LogP contribution in [0, 0.1) is 0 Å². The first-order valence-corrected chi connectivity index (χ1v) is 5.55. The molecule has 14 heavy (non-hydrogen) atoms. The predicted molar refractivity (Wildman–Crippen MR) is 56.7 cm³/mol. The van der Waals surface area contributed by atoms with Gasteiger partial charge in [-0.2, -0.15) is 4.31 Å². The van der Waals surface area contributed by atoms with Gasteiger partial charge < -0.3 is 4.55 Å². The average molecular weight is 204 g/mol. The molecule has 0 aromatic heterocycles. The van der Waals surface area contributed by atoms with Gasteiger partial charge in [0.2, 0.25) is 5.25 Å². The normalized spacial score (nSPS) is 32.5. The molecule has 0 aromatic carbocycles. The minimum atomic E-state index is -1.05. The molecule has 1 aliphatic carbocycles. The minimum Gasteiger partial charge on any atom is -0.592 e. The Hall–Kier alpha value is -1.26. The molecule has 0 fully saturated rings. The fraction of sp³-hybridized carbons (Fsp3) is 0.100. The van der Waals surface area contributed by atoms with Crippen molar-refractivity contribution in [2.75, 3.05) is 0 Å². The summed E-state index contributed by atoms with van der Waals surface area (Å²) in [5, 5.41) is -0.0603. The smallest absolute Gasteiger partial charge is 0.201 e. The van der Waals surface area contributed by atoms with Crippen molar-refractivity contribution < 1.29 is 4.55 Å². The second kappa shape index (κ2) is 2.87. The summed E-state index contributed by atoms with van der Waals surface area (Å²) in [5.41, 5.74) is 0.898. The van der Waals surface area contributed by atoms with Gasteiger partial charge in [0, 0.05) is 0 Å². The summed E-state index contributed by atoms with van der Waals surface area (Å²) in [6.45, 7) is 0. The van der Waals surface area contributed by atoms with Gasteiger partial charge in [-0.05, 0) is 24.3 Å². The summed E-state index contributed by atoms with van der Waals surface area (Å²) in [6, 6.07) is 0. The van der Waals surface area contributed by atoms with Crippen molar-refractivity contribution in [2.24, 2.45) is 4.99 Å². The lowest BCUT2D eigenvalue weighted by molar-refractivity contribution is 0.554. The number of allylic oxidation sites excluding steroid dienone is 4. The van der Waals surface area contributed by atoms with Crippen LogP contribution in [0.4, 0.5) is 0 Å². The monoisotopic (exact) mass is 204 g/mol. The quantitative estimate of drug-likeness (QED) is 0.557. The summed E-state index contributed by atoms with van der Waals surface area (Å²) >= 11 is -1.05. The van der Waals surface area contributed by atoms with Crippen molar-refractivity contribution in [3.05, 3.63) is 48.4 Å². The summed E-state index contributed by atoms with van der Waals surface area (Å²) in [6.07, 6.45) is 13.2. The van der Waals surface area contributed by atoms with Gasteiger partial charge in [-0.3, -0.25) is 0 Å². The highest BCUT2D eigenvalue weighted by atomic mass is 32.2. The first-order valence-electron chi connectivity index (χ1n) is 4.38. The summed E-state index contributed by atoms with van der Waals surface area (Å²) in [5.74, 6) is 0.761. The zero-order valence-corrected chi connectivity index (χ0v) is 8.15. The molecule has 0 aromatic rings. The Balaban J connectivity index is 2.09. The fourth-order valence-electron chi connectivity index (χ4n) is 1.63. The molecule has 2 atom stereocenters. The van der Waals surface area contributed by atoms with E-state index in [9.17, 15) is 4.55 Å². The van der Waals surface area contributed by atoms with Crippen molar-refractivity contribution >= 4 is 17.2 Å². The molecule has 3 aliphatic rings. The van der Waals surface area contributed by atoms with Gasteiger partial charge in [-0.25, -0.2) is 4.99 Å². The Kier molecular flexibility index (Phi) is 1.65. The maximum atomic E-state index is 12.0. The van der Waals surface area contributed by atoms with E-state index in [1.165, 1.54) is 0 Å². The van der Waals surface area contributed by atoms with E-state index in [1.807, 2.05) is 36.5 Å². The SMILES string of the molecule is [O-][S+]1C2C=CC=C2N=C2C=CC=CN21. The zero-order chi connectivity index (χ0) is 9.54. The van der Waals surface area contributed by atoms with E-state index in [1.54, 1.807) is 10.5 Å². The molecule has 3 rings (SSSR count). The molecule has 0 spiro atoms. The van der Waals surface area contributed by atoms with Gasteiger partial charge in [-0.1, -0.05) is 12.2 Å². The average Bonchev–Trinajstić information content (AvgIpc) is 2.66. The predicted octanol–water partition coefficient (Wildman–Crippen LogP) is 1.27. The first-order chi connectivity index (χ1) is 6.86.